The number of rotatable bonds is 5. The van der Waals surface area contributed by atoms with Gasteiger partial charge in [-0.25, -0.2) is 0 Å². The molecule has 1 aromatic carbocycles. The van der Waals surface area contributed by atoms with Gasteiger partial charge in [0, 0.05) is 15.8 Å². The molecule has 21 heavy (non-hydrogen) atoms. The number of nitrogens with zero attached hydrogens (tertiary/aromatic N) is 1. The van der Waals surface area contributed by atoms with Crippen molar-refractivity contribution in [2.45, 2.75) is 40.2 Å². The van der Waals surface area contributed by atoms with Crippen molar-refractivity contribution in [2.24, 2.45) is 0 Å². The zero-order chi connectivity index (χ0) is 15.6. The minimum atomic E-state index is -0.326. The third kappa shape index (κ3) is 3.42. The summed E-state index contributed by atoms with van der Waals surface area (Å²) in [7, 11) is 0. The summed E-state index contributed by atoms with van der Waals surface area (Å²) in [6.07, 6.45) is 1.02. The first-order valence-electron chi connectivity index (χ1n) is 7.03. The molecule has 1 N–H and O–H groups in total. The number of hydrogen-bond acceptors (Lipinski definition) is 4. The summed E-state index contributed by atoms with van der Waals surface area (Å²) in [6, 6.07) is 7.76. The van der Waals surface area contributed by atoms with Crippen LogP contribution in [0.3, 0.4) is 0 Å². The van der Waals surface area contributed by atoms with Crippen molar-refractivity contribution in [2.75, 3.05) is 5.32 Å². The van der Waals surface area contributed by atoms with Gasteiger partial charge >= 0.3 is 0 Å². The molecule has 0 aliphatic heterocycles. The van der Waals surface area contributed by atoms with Crippen LogP contribution in [0.2, 0.25) is 0 Å². The van der Waals surface area contributed by atoms with Crippen molar-refractivity contribution >= 4 is 22.7 Å². The summed E-state index contributed by atoms with van der Waals surface area (Å²) in [5.41, 5.74) is 2.71. The molecule has 1 heterocycles. The van der Waals surface area contributed by atoms with Gasteiger partial charge in [-0.15, -0.1) is 11.3 Å². The molecule has 1 aromatic heterocycles. The van der Waals surface area contributed by atoms with Crippen LogP contribution in [0.25, 0.3) is 0 Å². The van der Waals surface area contributed by atoms with E-state index in [-0.39, 0.29) is 16.7 Å². The molecular weight excluding hydrogens is 284 g/mol. The number of hydrogen-bond donors (Lipinski definition) is 1. The van der Waals surface area contributed by atoms with Gasteiger partial charge in [0.05, 0.1) is 11.0 Å². The van der Waals surface area contributed by atoms with Crippen LogP contribution < -0.4 is 5.32 Å². The van der Waals surface area contributed by atoms with Gasteiger partial charge in [-0.1, -0.05) is 6.92 Å². The van der Waals surface area contributed by atoms with Gasteiger partial charge in [0.1, 0.15) is 5.69 Å². The van der Waals surface area contributed by atoms with Gasteiger partial charge in [0.25, 0.3) is 5.69 Å². The maximum absolute atomic E-state index is 11.2. The Morgan fingerprint density at radius 3 is 2.52 bits per heavy atom. The fourth-order valence-electron chi connectivity index (χ4n) is 2.19. The monoisotopic (exact) mass is 304 g/mol. The summed E-state index contributed by atoms with van der Waals surface area (Å²) >= 11 is 1.75. The lowest BCUT2D eigenvalue weighted by Crippen LogP contribution is -2.07. The molecule has 0 radical (unpaired) electrons. The van der Waals surface area contributed by atoms with Crippen molar-refractivity contribution in [3.05, 3.63) is 55.3 Å². The number of nitro groups is 1. The third-order valence-corrected chi connectivity index (χ3v) is 5.05. The molecule has 2 aromatic rings. The predicted octanol–water partition coefficient (Wildman–Crippen LogP) is 5.01. The van der Waals surface area contributed by atoms with E-state index in [4.69, 9.17) is 0 Å². The molecule has 0 spiro atoms. The van der Waals surface area contributed by atoms with Gasteiger partial charge < -0.3 is 5.32 Å². The van der Waals surface area contributed by atoms with Crippen molar-refractivity contribution in [3.63, 3.8) is 0 Å². The Morgan fingerprint density at radius 1 is 1.29 bits per heavy atom. The molecule has 0 saturated heterocycles. The van der Waals surface area contributed by atoms with E-state index in [1.807, 2.05) is 26.8 Å². The molecule has 5 heteroatoms. The fourth-order valence-corrected chi connectivity index (χ4v) is 3.14. The summed E-state index contributed by atoms with van der Waals surface area (Å²) < 4.78 is 0. The minimum Gasteiger partial charge on any atom is -0.372 e. The van der Waals surface area contributed by atoms with Gasteiger partial charge in [0.2, 0.25) is 0 Å². The summed E-state index contributed by atoms with van der Waals surface area (Å²) in [5.74, 6) is 0. The fraction of sp³-hybridized carbons (Fsp3) is 0.375. The molecule has 1 unspecified atom stereocenters. The maximum Gasteiger partial charge on any atom is 0.292 e. The van der Waals surface area contributed by atoms with Crippen LogP contribution in [0.15, 0.2) is 24.3 Å². The van der Waals surface area contributed by atoms with Crippen LogP contribution in [0, 0.1) is 24.0 Å². The van der Waals surface area contributed by atoms with E-state index in [9.17, 15) is 10.1 Å². The van der Waals surface area contributed by atoms with Crippen molar-refractivity contribution in [1.29, 1.82) is 0 Å². The van der Waals surface area contributed by atoms with Gasteiger partial charge in [-0.05, 0) is 56.5 Å². The predicted molar refractivity (Wildman–Crippen MR) is 88.3 cm³/mol. The number of nitrogens with one attached hydrogen (secondary N) is 1. The topological polar surface area (TPSA) is 55.2 Å². The molecule has 0 fully saturated rings. The minimum absolute atomic E-state index is 0.0520. The number of nitro benzene ring substituents is 1. The standard InChI is InChI=1S/C16H20N2O2S/c1-5-13-6-7-16(21-13)12(4)17-14-8-10(2)11(3)9-15(14)18(19)20/h6-9,12,17H,5H2,1-4H3. The second-order valence-electron chi connectivity index (χ2n) is 5.23. The highest BCUT2D eigenvalue weighted by Crippen LogP contribution is 2.32. The first-order valence-corrected chi connectivity index (χ1v) is 7.84. The second-order valence-corrected chi connectivity index (χ2v) is 6.43. The van der Waals surface area contributed by atoms with Crippen molar-refractivity contribution in [1.82, 2.24) is 0 Å². The molecular formula is C16H20N2O2S. The number of anilines is 1. The number of aryl methyl sites for hydroxylation is 3. The maximum atomic E-state index is 11.2. The van der Waals surface area contributed by atoms with Crippen molar-refractivity contribution < 1.29 is 4.92 Å². The lowest BCUT2D eigenvalue weighted by molar-refractivity contribution is -0.384. The smallest absolute Gasteiger partial charge is 0.292 e. The van der Waals surface area contributed by atoms with Crippen LogP contribution in [0.5, 0.6) is 0 Å². The molecule has 0 amide bonds. The van der Waals surface area contributed by atoms with E-state index in [0.717, 1.165) is 17.5 Å². The van der Waals surface area contributed by atoms with E-state index < -0.39 is 0 Å². The summed E-state index contributed by atoms with van der Waals surface area (Å²) in [4.78, 5) is 13.4. The SMILES string of the molecule is CCc1ccc(C(C)Nc2cc(C)c(C)cc2[N+](=O)[O-])s1. The largest absolute Gasteiger partial charge is 0.372 e. The Labute approximate surface area is 129 Å². The molecule has 2 rings (SSSR count). The lowest BCUT2D eigenvalue weighted by Gasteiger charge is -2.15. The van der Waals surface area contributed by atoms with E-state index in [0.29, 0.717) is 5.69 Å². The second kappa shape index (κ2) is 6.26. The van der Waals surface area contributed by atoms with Crippen LogP contribution in [0.4, 0.5) is 11.4 Å². The molecule has 0 saturated carbocycles. The molecule has 0 bridgehead atoms. The molecule has 0 aliphatic carbocycles. The van der Waals surface area contributed by atoms with Crippen LogP contribution >= 0.6 is 11.3 Å². The molecule has 0 aliphatic rings. The molecule has 1 atom stereocenters. The van der Waals surface area contributed by atoms with Crippen LogP contribution in [0.1, 0.15) is 40.8 Å². The highest BCUT2D eigenvalue weighted by molar-refractivity contribution is 7.12. The van der Waals surface area contributed by atoms with Gasteiger partial charge in [-0.3, -0.25) is 10.1 Å². The van der Waals surface area contributed by atoms with Gasteiger partial charge in [0.15, 0.2) is 0 Å². The van der Waals surface area contributed by atoms with E-state index in [1.54, 1.807) is 17.4 Å². The average molecular weight is 304 g/mol. The van der Waals surface area contributed by atoms with Crippen LogP contribution in [-0.2, 0) is 6.42 Å². The highest BCUT2D eigenvalue weighted by Gasteiger charge is 2.18. The zero-order valence-electron chi connectivity index (χ0n) is 12.8. The van der Waals surface area contributed by atoms with Crippen molar-refractivity contribution in [3.8, 4) is 0 Å². The first kappa shape index (κ1) is 15.5. The Balaban J connectivity index is 2.29. The average Bonchev–Trinajstić information content (AvgIpc) is 2.91. The first-order chi connectivity index (χ1) is 9.92. The molecule has 112 valence electrons. The quantitative estimate of drug-likeness (QED) is 0.624. The lowest BCUT2D eigenvalue weighted by atomic mass is 10.1. The summed E-state index contributed by atoms with van der Waals surface area (Å²) in [5, 5.41) is 14.5. The Bertz CT molecular complexity index is 664. The van der Waals surface area contributed by atoms with E-state index in [2.05, 4.69) is 24.4 Å². The Kier molecular flexibility index (Phi) is 4.63. The van der Waals surface area contributed by atoms with Crippen LogP contribution in [-0.4, -0.2) is 4.92 Å². The number of thiophene rings is 1. The molecule has 4 nitrogen and oxygen atoms in total. The Hall–Kier alpha value is -1.88. The third-order valence-electron chi connectivity index (χ3n) is 3.64. The Morgan fingerprint density at radius 2 is 1.95 bits per heavy atom. The summed E-state index contributed by atoms with van der Waals surface area (Å²) in [6.45, 7) is 8.02. The zero-order valence-corrected chi connectivity index (χ0v) is 13.6. The van der Waals surface area contributed by atoms with E-state index >= 15 is 0 Å². The highest BCUT2D eigenvalue weighted by atomic mass is 32.1. The van der Waals surface area contributed by atoms with Gasteiger partial charge in [-0.2, -0.15) is 0 Å². The van der Waals surface area contributed by atoms with E-state index in [1.165, 1.54) is 9.75 Å². The number of benzene rings is 1. The normalized spacial score (nSPS) is 12.2.